The Morgan fingerprint density at radius 2 is 2.50 bits per heavy atom. The number of anilines is 1. The molecule has 1 aromatic heterocycles. The summed E-state index contributed by atoms with van der Waals surface area (Å²) in [6.45, 7) is 4.26. The molecule has 1 unspecified atom stereocenters. The first-order chi connectivity index (χ1) is 7.68. The first kappa shape index (κ1) is 11.7. The summed E-state index contributed by atoms with van der Waals surface area (Å²) < 4.78 is 0. The van der Waals surface area contributed by atoms with Crippen molar-refractivity contribution in [2.24, 2.45) is 5.73 Å². The zero-order valence-electron chi connectivity index (χ0n) is 9.22. The van der Waals surface area contributed by atoms with E-state index in [0.717, 1.165) is 30.2 Å². The van der Waals surface area contributed by atoms with Crippen molar-refractivity contribution in [3.8, 4) is 0 Å². The van der Waals surface area contributed by atoms with Crippen molar-refractivity contribution in [2.75, 3.05) is 23.7 Å². The topological polar surface area (TPSA) is 42.2 Å². The summed E-state index contributed by atoms with van der Waals surface area (Å²) in [7, 11) is 0. The molecule has 1 atom stereocenters. The fourth-order valence-corrected chi connectivity index (χ4v) is 3.02. The molecule has 1 aromatic rings. The van der Waals surface area contributed by atoms with Crippen LogP contribution >= 0.6 is 24.0 Å². The van der Waals surface area contributed by atoms with Gasteiger partial charge in [-0.2, -0.15) is 11.8 Å². The summed E-state index contributed by atoms with van der Waals surface area (Å²) in [6.07, 6.45) is 1.80. The molecule has 2 heterocycles. The van der Waals surface area contributed by atoms with Gasteiger partial charge in [0.25, 0.3) is 0 Å². The van der Waals surface area contributed by atoms with Crippen molar-refractivity contribution in [3.63, 3.8) is 0 Å². The van der Waals surface area contributed by atoms with Crippen LogP contribution in [0.5, 0.6) is 0 Å². The van der Waals surface area contributed by atoms with E-state index < -0.39 is 0 Å². The fraction of sp³-hybridized carbons (Fsp3) is 0.455. The van der Waals surface area contributed by atoms with E-state index in [0.29, 0.717) is 10.2 Å². The predicted molar refractivity (Wildman–Crippen MR) is 74.3 cm³/mol. The van der Waals surface area contributed by atoms with Crippen molar-refractivity contribution >= 4 is 34.8 Å². The van der Waals surface area contributed by atoms with Crippen molar-refractivity contribution in [1.82, 2.24) is 4.98 Å². The van der Waals surface area contributed by atoms with Gasteiger partial charge in [-0.3, -0.25) is 0 Å². The monoisotopic (exact) mass is 253 g/mol. The molecular weight excluding hydrogens is 238 g/mol. The first-order valence-electron chi connectivity index (χ1n) is 5.30. The molecule has 0 aromatic carbocycles. The molecule has 0 amide bonds. The summed E-state index contributed by atoms with van der Waals surface area (Å²) in [5.74, 6) is 2.07. The van der Waals surface area contributed by atoms with Gasteiger partial charge in [0.2, 0.25) is 0 Å². The highest BCUT2D eigenvalue weighted by Gasteiger charge is 2.20. The third-order valence-electron chi connectivity index (χ3n) is 2.59. The molecule has 5 heteroatoms. The highest BCUT2D eigenvalue weighted by Crippen LogP contribution is 2.24. The molecule has 1 aliphatic heterocycles. The van der Waals surface area contributed by atoms with Gasteiger partial charge >= 0.3 is 0 Å². The normalized spacial score (nSPS) is 20.8. The average Bonchev–Trinajstić information content (AvgIpc) is 2.29. The van der Waals surface area contributed by atoms with Crippen LogP contribution in [0.4, 0.5) is 5.82 Å². The minimum atomic E-state index is 0.425. The van der Waals surface area contributed by atoms with Gasteiger partial charge in [-0.1, -0.05) is 19.1 Å². The number of thioether (sulfide) groups is 1. The van der Waals surface area contributed by atoms with Gasteiger partial charge in [-0.05, 0) is 12.1 Å². The Balaban J connectivity index is 2.28. The summed E-state index contributed by atoms with van der Waals surface area (Å²) in [5, 5.41) is 0.634. The largest absolute Gasteiger partial charge is 0.389 e. The molecule has 86 valence electrons. The lowest BCUT2D eigenvalue weighted by Gasteiger charge is -2.32. The van der Waals surface area contributed by atoms with E-state index in [1.165, 1.54) is 0 Å². The standard InChI is InChI=1S/C11H15N3S2/c1-8-7-14(5-6-16-8)11-9(10(12)15)3-2-4-13-11/h2-4,8H,5-7H2,1H3,(H2,12,15). The van der Waals surface area contributed by atoms with Crippen LogP contribution in [0.2, 0.25) is 0 Å². The lowest BCUT2D eigenvalue weighted by atomic mass is 10.2. The van der Waals surface area contributed by atoms with Crippen LogP contribution in [0.15, 0.2) is 18.3 Å². The Hall–Kier alpha value is -0.810. The number of nitrogens with two attached hydrogens (primary N) is 1. The number of pyridine rings is 1. The summed E-state index contributed by atoms with van der Waals surface area (Å²) in [5.41, 5.74) is 6.60. The highest BCUT2D eigenvalue weighted by molar-refractivity contribution is 8.00. The van der Waals surface area contributed by atoms with E-state index in [1.807, 2.05) is 23.9 Å². The zero-order valence-corrected chi connectivity index (χ0v) is 10.9. The Bertz CT molecular complexity index is 395. The maximum Gasteiger partial charge on any atom is 0.138 e. The van der Waals surface area contributed by atoms with Crippen molar-refractivity contribution in [1.29, 1.82) is 0 Å². The molecule has 1 fully saturated rings. The Morgan fingerprint density at radius 1 is 1.69 bits per heavy atom. The Kier molecular flexibility index (Phi) is 3.66. The number of aromatic nitrogens is 1. The minimum absolute atomic E-state index is 0.425. The predicted octanol–water partition coefficient (Wildman–Crippen LogP) is 1.66. The smallest absolute Gasteiger partial charge is 0.138 e. The molecule has 0 radical (unpaired) electrons. The van der Waals surface area contributed by atoms with Crippen LogP contribution in [0.1, 0.15) is 12.5 Å². The number of rotatable bonds is 2. The number of thiocarbonyl (C=S) groups is 1. The van der Waals surface area contributed by atoms with Gasteiger partial charge in [0, 0.05) is 30.3 Å². The highest BCUT2D eigenvalue weighted by atomic mass is 32.2. The molecular formula is C11H15N3S2. The van der Waals surface area contributed by atoms with Gasteiger partial charge < -0.3 is 10.6 Å². The van der Waals surface area contributed by atoms with Gasteiger partial charge in [-0.15, -0.1) is 0 Å². The summed E-state index contributed by atoms with van der Waals surface area (Å²) >= 11 is 7.05. The second-order valence-electron chi connectivity index (χ2n) is 3.87. The van der Waals surface area contributed by atoms with Crippen LogP contribution in [-0.2, 0) is 0 Å². The van der Waals surface area contributed by atoms with Gasteiger partial charge in [0.05, 0.1) is 5.56 Å². The molecule has 2 rings (SSSR count). The maximum absolute atomic E-state index is 5.72. The minimum Gasteiger partial charge on any atom is -0.389 e. The van der Waals surface area contributed by atoms with Crippen LogP contribution in [0.3, 0.4) is 0 Å². The number of nitrogens with zero attached hydrogens (tertiary/aromatic N) is 2. The molecule has 0 spiro atoms. The van der Waals surface area contributed by atoms with Crippen LogP contribution in [0.25, 0.3) is 0 Å². The Labute approximate surface area is 105 Å². The van der Waals surface area contributed by atoms with E-state index in [4.69, 9.17) is 18.0 Å². The maximum atomic E-state index is 5.72. The molecule has 0 bridgehead atoms. The first-order valence-corrected chi connectivity index (χ1v) is 6.75. The van der Waals surface area contributed by atoms with Crippen LogP contribution < -0.4 is 10.6 Å². The average molecular weight is 253 g/mol. The molecule has 1 saturated heterocycles. The molecule has 16 heavy (non-hydrogen) atoms. The quantitative estimate of drug-likeness (QED) is 0.812. The van der Waals surface area contributed by atoms with E-state index in [-0.39, 0.29) is 0 Å². The lowest BCUT2D eigenvalue weighted by Crippen LogP contribution is -2.38. The summed E-state index contributed by atoms with van der Waals surface area (Å²) in [4.78, 5) is 7.11. The third kappa shape index (κ3) is 2.47. The van der Waals surface area contributed by atoms with E-state index in [2.05, 4.69) is 16.8 Å². The Morgan fingerprint density at radius 3 is 3.19 bits per heavy atom. The zero-order chi connectivity index (χ0) is 11.5. The van der Waals surface area contributed by atoms with Crippen molar-refractivity contribution in [2.45, 2.75) is 12.2 Å². The lowest BCUT2D eigenvalue weighted by molar-refractivity contribution is 0.769. The van der Waals surface area contributed by atoms with E-state index in [9.17, 15) is 0 Å². The number of hydrogen-bond donors (Lipinski definition) is 1. The molecule has 0 saturated carbocycles. The molecule has 3 nitrogen and oxygen atoms in total. The van der Waals surface area contributed by atoms with Crippen molar-refractivity contribution in [3.05, 3.63) is 23.9 Å². The molecule has 2 N–H and O–H groups in total. The van der Waals surface area contributed by atoms with Gasteiger partial charge in [0.15, 0.2) is 0 Å². The molecule has 1 aliphatic rings. The van der Waals surface area contributed by atoms with Crippen molar-refractivity contribution < 1.29 is 0 Å². The molecule has 0 aliphatic carbocycles. The number of hydrogen-bond acceptors (Lipinski definition) is 4. The van der Waals surface area contributed by atoms with Crippen LogP contribution in [0, 0.1) is 0 Å². The van der Waals surface area contributed by atoms with E-state index >= 15 is 0 Å². The second kappa shape index (κ2) is 5.01. The summed E-state index contributed by atoms with van der Waals surface area (Å²) in [6, 6.07) is 3.82. The SMILES string of the molecule is CC1CN(c2ncccc2C(N)=S)CCS1. The third-order valence-corrected chi connectivity index (χ3v) is 3.95. The van der Waals surface area contributed by atoms with Gasteiger partial charge in [-0.25, -0.2) is 4.98 Å². The van der Waals surface area contributed by atoms with E-state index in [1.54, 1.807) is 6.20 Å². The second-order valence-corrected chi connectivity index (χ2v) is 5.85. The van der Waals surface area contributed by atoms with Crippen LogP contribution in [-0.4, -0.2) is 34.1 Å². The fourth-order valence-electron chi connectivity index (χ4n) is 1.85. The van der Waals surface area contributed by atoms with Gasteiger partial charge in [0.1, 0.15) is 10.8 Å².